The Morgan fingerprint density at radius 2 is 1.69 bits per heavy atom. The molecule has 4 heteroatoms. The highest BCUT2D eigenvalue weighted by molar-refractivity contribution is 9.10. The van der Waals surface area contributed by atoms with E-state index in [0.29, 0.717) is 6.04 Å². The minimum absolute atomic E-state index is 0.570. The van der Waals surface area contributed by atoms with Gasteiger partial charge in [0.25, 0.3) is 0 Å². The van der Waals surface area contributed by atoms with Crippen molar-refractivity contribution in [2.24, 2.45) is 0 Å². The minimum Gasteiger partial charge on any atom is -0.356 e. The lowest BCUT2D eigenvalue weighted by Gasteiger charge is -2.33. The third kappa shape index (κ3) is 3.48. The standard InChI is InChI=1S/C22H24BrN3/c1-15-8-13-20-19(14-15)22(26(2)18-6-4-3-5-7-18)25-21(24-20)16-9-11-17(23)12-10-16/h8-14,18H,3-7H2,1-2H3. The van der Waals surface area contributed by atoms with E-state index in [4.69, 9.17) is 9.97 Å². The molecule has 0 radical (unpaired) electrons. The summed E-state index contributed by atoms with van der Waals surface area (Å²) in [4.78, 5) is 12.3. The topological polar surface area (TPSA) is 29.0 Å². The van der Waals surface area contributed by atoms with E-state index in [1.807, 2.05) is 12.1 Å². The zero-order valence-corrected chi connectivity index (χ0v) is 17.0. The lowest BCUT2D eigenvalue weighted by atomic mass is 9.94. The van der Waals surface area contributed by atoms with Crippen LogP contribution in [0.25, 0.3) is 22.3 Å². The summed E-state index contributed by atoms with van der Waals surface area (Å²) < 4.78 is 1.07. The smallest absolute Gasteiger partial charge is 0.162 e. The van der Waals surface area contributed by atoms with Crippen molar-refractivity contribution >= 4 is 32.7 Å². The Bertz CT molecular complexity index is 915. The van der Waals surface area contributed by atoms with Crippen molar-refractivity contribution in [1.29, 1.82) is 0 Å². The van der Waals surface area contributed by atoms with Crippen LogP contribution in [0.3, 0.4) is 0 Å². The predicted octanol–water partition coefficient (Wildman–Crippen LogP) is 6.14. The molecule has 26 heavy (non-hydrogen) atoms. The van der Waals surface area contributed by atoms with E-state index in [1.165, 1.54) is 37.7 Å². The Balaban J connectivity index is 1.85. The van der Waals surface area contributed by atoms with Crippen LogP contribution < -0.4 is 4.90 Å². The van der Waals surface area contributed by atoms with Crippen molar-refractivity contribution in [2.45, 2.75) is 45.1 Å². The maximum Gasteiger partial charge on any atom is 0.162 e. The molecule has 1 heterocycles. The fraction of sp³-hybridized carbons (Fsp3) is 0.364. The molecule has 0 saturated heterocycles. The molecule has 1 aliphatic rings. The van der Waals surface area contributed by atoms with Gasteiger partial charge >= 0.3 is 0 Å². The summed E-state index contributed by atoms with van der Waals surface area (Å²) in [5.41, 5.74) is 3.31. The first-order valence-electron chi connectivity index (χ1n) is 9.39. The number of anilines is 1. The van der Waals surface area contributed by atoms with Crippen LogP contribution in [0.1, 0.15) is 37.7 Å². The van der Waals surface area contributed by atoms with E-state index in [1.54, 1.807) is 0 Å². The average Bonchev–Trinajstić information content (AvgIpc) is 2.68. The van der Waals surface area contributed by atoms with Gasteiger partial charge in [0.15, 0.2) is 5.82 Å². The molecule has 0 unspecified atom stereocenters. The summed E-state index contributed by atoms with van der Waals surface area (Å²) in [6, 6.07) is 15.3. The molecule has 1 fully saturated rings. The minimum atomic E-state index is 0.570. The number of aryl methyl sites for hydroxylation is 1. The second-order valence-corrected chi connectivity index (χ2v) is 8.22. The summed E-state index contributed by atoms with van der Waals surface area (Å²) in [6.45, 7) is 2.13. The maximum atomic E-state index is 5.02. The van der Waals surface area contributed by atoms with E-state index in [9.17, 15) is 0 Å². The molecule has 1 aromatic heterocycles. The number of hydrogen-bond donors (Lipinski definition) is 0. The number of halogens is 1. The largest absolute Gasteiger partial charge is 0.356 e. The van der Waals surface area contributed by atoms with E-state index >= 15 is 0 Å². The van der Waals surface area contributed by atoms with Gasteiger partial charge in [-0.1, -0.05) is 59.0 Å². The average molecular weight is 410 g/mol. The highest BCUT2D eigenvalue weighted by atomic mass is 79.9. The zero-order valence-electron chi connectivity index (χ0n) is 15.4. The normalized spacial score (nSPS) is 15.3. The molecule has 2 aromatic carbocycles. The molecule has 134 valence electrons. The first-order chi connectivity index (χ1) is 12.6. The summed E-state index contributed by atoms with van der Waals surface area (Å²) in [7, 11) is 2.20. The number of hydrogen-bond acceptors (Lipinski definition) is 3. The molecule has 1 aliphatic carbocycles. The molecule has 0 spiro atoms. The molecule has 3 nitrogen and oxygen atoms in total. The SMILES string of the molecule is Cc1ccc2nc(-c3ccc(Br)cc3)nc(N(C)C3CCCCC3)c2c1. The molecule has 0 amide bonds. The van der Waals surface area contributed by atoms with Gasteiger partial charge in [-0.2, -0.15) is 0 Å². The van der Waals surface area contributed by atoms with Gasteiger partial charge in [0.05, 0.1) is 5.52 Å². The summed E-state index contributed by atoms with van der Waals surface area (Å²) in [5.74, 6) is 1.86. The van der Waals surface area contributed by atoms with Crippen LogP contribution in [-0.2, 0) is 0 Å². The lowest BCUT2D eigenvalue weighted by molar-refractivity contribution is 0.426. The molecular formula is C22H24BrN3. The fourth-order valence-corrected chi connectivity index (χ4v) is 4.13. The highest BCUT2D eigenvalue weighted by Crippen LogP contribution is 2.32. The maximum absolute atomic E-state index is 5.02. The molecule has 3 aromatic rings. The van der Waals surface area contributed by atoms with Crippen LogP contribution in [0.5, 0.6) is 0 Å². The Hall–Kier alpha value is -1.94. The van der Waals surface area contributed by atoms with Gasteiger partial charge < -0.3 is 4.90 Å². The third-order valence-corrected chi connectivity index (χ3v) is 5.92. The Morgan fingerprint density at radius 3 is 2.42 bits per heavy atom. The number of nitrogens with zero attached hydrogens (tertiary/aromatic N) is 3. The van der Waals surface area contributed by atoms with E-state index in [-0.39, 0.29) is 0 Å². The van der Waals surface area contributed by atoms with Crippen molar-refractivity contribution < 1.29 is 0 Å². The molecule has 4 rings (SSSR count). The van der Waals surface area contributed by atoms with E-state index in [2.05, 4.69) is 65.1 Å². The van der Waals surface area contributed by atoms with Crippen molar-refractivity contribution in [3.8, 4) is 11.4 Å². The lowest BCUT2D eigenvalue weighted by Crippen LogP contribution is -2.34. The van der Waals surface area contributed by atoms with Crippen LogP contribution in [0.2, 0.25) is 0 Å². The number of fused-ring (bicyclic) bond motifs is 1. The Morgan fingerprint density at radius 1 is 0.962 bits per heavy atom. The molecule has 1 saturated carbocycles. The second kappa shape index (κ2) is 7.36. The van der Waals surface area contributed by atoms with Crippen LogP contribution >= 0.6 is 15.9 Å². The second-order valence-electron chi connectivity index (χ2n) is 7.30. The van der Waals surface area contributed by atoms with Crippen molar-refractivity contribution in [2.75, 3.05) is 11.9 Å². The van der Waals surface area contributed by atoms with Crippen molar-refractivity contribution in [3.05, 3.63) is 52.5 Å². The van der Waals surface area contributed by atoms with Crippen LogP contribution in [0.4, 0.5) is 5.82 Å². The third-order valence-electron chi connectivity index (χ3n) is 5.39. The fourth-order valence-electron chi connectivity index (χ4n) is 3.86. The number of aromatic nitrogens is 2. The monoisotopic (exact) mass is 409 g/mol. The number of benzene rings is 2. The summed E-state index contributed by atoms with van der Waals surface area (Å²) in [6.07, 6.45) is 6.49. The molecule has 0 atom stereocenters. The highest BCUT2D eigenvalue weighted by Gasteiger charge is 2.22. The van der Waals surface area contributed by atoms with Gasteiger partial charge in [0.2, 0.25) is 0 Å². The van der Waals surface area contributed by atoms with Gasteiger partial charge in [0.1, 0.15) is 5.82 Å². The van der Waals surface area contributed by atoms with E-state index in [0.717, 1.165) is 32.6 Å². The summed E-state index contributed by atoms with van der Waals surface area (Å²) in [5, 5.41) is 1.15. The van der Waals surface area contributed by atoms with Gasteiger partial charge in [0, 0.05) is 28.5 Å². The van der Waals surface area contributed by atoms with Crippen LogP contribution in [-0.4, -0.2) is 23.1 Å². The van der Waals surface area contributed by atoms with Crippen LogP contribution in [0.15, 0.2) is 46.9 Å². The first kappa shape index (κ1) is 17.5. The van der Waals surface area contributed by atoms with E-state index < -0.39 is 0 Å². The first-order valence-corrected chi connectivity index (χ1v) is 10.2. The molecule has 0 N–H and O–H groups in total. The zero-order chi connectivity index (χ0) is 18.1. The van der Waals surface area contributed by atoms with Gasteiger partial charge in [-0.05, 0) is 44.0 Å². The Kier molecular flexibility index (Phi) is 4.94. The van der Waals surface area contributed by atoms with Crippen LogP contribution in [0, 0.1) is 6.92 Å². The Labute approximate surface area is 163 Å². The van der Waals surface area contributed by atoms with Gasteiger partial charge in [-0.25, -0.2) is 9.97 Å². The van der Waals surface area contributed by atoms with Crippen molar-refractivity contribution in [3.63, 3.8) is 0 Å². The molecule has 0 bridgehead atoms. The number of rotatable bonds is 3. The van der Waals surface area contributed by atoms with Crippen molar-refractivity contribution in [1.82, 2.24) is 9.97 Å². The van der Waals surface area contributed by atoms with Gasteiger partial charge in [-0.15, -0.1) is 0 Å². The molecule has 0 aliphatic heterocycles. The summed E-state index contributed by atoms with van der Waals surface area (Å²) >= 11 is 3.51. The quantitative estimate of drug-likeness (QED) is 0.520. The predicted molar refractivity (Wildman–Crippen MR) is 113 cm³/mol. The molecular weight excluding hydrogens is 386 g/mol. The van der Waals surface area contributed by atoms with Gasteiger partial charge in [-0.3, -0.25) is 0 Å².